The van der Waals surface area contributed by atoms with Gasteiger partial charge in [0, 0.05) is 42.6 Å². The molecule has 4 saturated heterocycles. The van der Waals surface area contributed by atoms with Crippen molar-refractivity contribution in [3.05, 3.63) is 28.9 Å². The van der Waals surface area contributed by atoms with Gasteiger partial charge >= 0.3 is 0 Å². The van der Waals surface area contributed by atoms with E-state index in [-0.39, 0.29) is 17.9 Å². The minimum Gasteiger partial charge on any atom is -0.346 e. The molecule has 2 bridgehead atoms. The van der Waals surface area contributed by atoms with Crippen molar-refractivity contribution in [3.8, 4) is 0 Å². The molecule has 130 valence electrons. The lowest BCUT2D eigenvalue weighted by Crippen LogP contribution is -2.57. The van der Waals surface area contributed by atoms with Crippen molar-refractivity contribution in [2.45, 2.75) is 18.9 Å². The third-order valence-corrected chi connectivity index (χ3v) is 6.56. The normalized spacial score (nSPS) is 27.5. The fourth-order valence-corrected chi connectivity index (χ4v) is 4.90. The Labute approximate surface area is 149 Å². The Morgan fingerprint density at radius 2 is 2.00 bits per heavy atom. The molecule has 6 heterocycles. The minimum atomic E-state index is -0.128. The van der Waals surface area contributed by atoms with Crippen LogP contribution in [0.25, 0.3) is 10.1 Å². The molecule has 0 saturated carbocycles. The maximum atomic E-state index is 12.7. The highest BCUT2D eigenvalue weighted by Gasteiger charge is 2.35. The minimum absolute atomic E-state index is 0.0567. The summed E-state index contributed by atoms with van der Waals surface area (Å²) in [6.45, 7) is 4.90. The number of pyridine rings is 1. The van der Waals surface area contributed by atoms with Crippen LogP contribution in [0.3, 0.4) is 0 Å². The van der Waals surface area contributed by atoms with E-state index in [9.17, 15) is 9.59 Å². The van der Waals surface area contributed by atoms with E-state index in [0.29, 0.717) is 17.2 Å². The topological polar surface area (TPSA) is 65.3 Å². The van der Waals surface area contributed by atoms with Gasteiger partial charge in [-0.25, -0.2) is 4.98 Å². The van der Waals surface area contributed by atoms with Crippen molar-refractivity contribution in [2.24, 2.45) is 5.92 Å². The molecule has 0 aromatic carbocycles. The Kier molecular flexibility index (Phi) is 3.53. The number of thiophene rings is 1. The highest BCUT2D eigenvalue weighted by Crippen LogP contribution is 2.30. The number of rotatable bonds is 3. The zero-order chi connectivity index (χ0) is 17.0. The molecule has 6 rings (SSSR count). The quantitative estimate of drug-likeness (QED) is 0.848. The summed E-state index contributed by atoms with van der Waals surface area (Å²) in [5, 5.41) is 5.89. The number of nitrogens with zero attached hydrogens (tertiary/aromatic N) is 3. The van der Waals surface area contributed by atoms with E-state index in [1.165, 1.54) is 11.3 Å². The Bertz CT molecular complexity index is 852. The van der Waals surface area contributed by atoms with Gasteiger partial charge in [-0.15, -0.1) is 11.3 Å². The number of aromatic nitrogens is 1. The lowest BCUT2D eigenvalue weighted by Gasteiger charge is -2.44. The number of piperidine rings is 3. The number of nitrogens with one attached hydrogen (secondary N) is 1. The smallest absolute Gasteiger partial charge is 0.270 e. The van der Waals surface area contributed by atoms with Crippen molar-refractivity contribution in [2.75, 3.05) is 32.7 Å². The molecule has 4 aliphatic heterocycles. The van der Waals surface area contributed by atoms with Gasteiger partial charge < -0.3 is 15.1 Å². The Morgan fingerprint density at radius 3 is 2.68 bits per heavy atom. The zero-order valence-corrected chi connectivity index (χ0v) is 14.7. The summed E-state index contributed by atoms with van der Waals surface area (Å²) >= 11 is 1.50. The predicted octanol–water partition coefficient (Wildman–Crippen LogP) is 1.58. The molecule has 0 radical (unpaired) electrons. The molecule has 4 aliphatic rings. The summed E-state index contributed by atoms with van der Waals surface area (Å²) in [6.07, 6.45) is 4.04. The van der Waals surface area contributed by atoms with Crippen LogP contribution in [0.15, 0.2) is 17.6 Å². The molecule has 1 atom stereocenters. The fraction of sp³-hybridized carbons (Fsp3) is 0.500. The van der Waals surface area contributed by atoms with Gasteiger partial charge in [-0.2, -0.15) is 0 Å². The molecule has 2 amide bonds. The second-order valence-electron chi connectivity index (χ2n) is 7.23. The summed E-state index contributed by atoms with van der Waals surface area (Å²) < 4.78 is 0.949. The van der Waals surface area contributed by atoms with Crippen LogP contribution in [0.5, 0.6) is 0 Å². The number of fused-ring (bicyclic) bond motifs is 4. The second-order valence-corrected chi connectivity index (χ2v) is 8.14. The highest BCUT2D eigenvalue weighted by atomic mass is 32.1. The maximum Gasteiger partial charge on any atom is 0.270 e. The Morgan fingerprint density at radius 1 is 1.20 bits per heavy atom. The van der Waals surface area contributed by atoms with E-state index in [2.05, 4.69) is 15.2 Å². The zero-order valence-electron chi connectivity index (χ0n) is 13.9. The molecule has 6 nitrogen and oxygen atoms in total. The largest absolute Gasteiger partial charge is 0.346 e. The van der Waals surface area contributed by atoms with Gasteiger partial charge in [-0.1, -0.05) is 0 Å². The van der Waals surface area contributed by atoms with E-state index in [1.54, 1.807) is 17.2 Å². The number of hydrogen-bond donors (Lipinski definition) is 1. The number of hydrogen-bond acceptors (Lipinski definition) is 5. The molecular weight excluding hydrogens is 336 g/mol. The van der Waals surface area contributed by atoms with Crippen LogP contribution in [0, 0.1) is 5.92 Å². The summed E-state index contributed by atoms with van der Waals surface area (Å²) in [5.41, 5.74) is 1.10. The molecule has 2 aromatic heterocycles. The third kappa shape index (κ3) is 2.71. The molecule has 4 fully saturated rings. The molecule has 0 spiro atoms. The highest BCUT2D eigenvalue weighted by molar-refractivity contribution is 7.17. The van der Waals surface area contributed by atoms with Crippen LogP contribution in [0.2, 0.25) is 0 Å². The van der Waals surface area contributed by atoms with Crippen molar-refractivity contribution >= 4 is 33.2 Å². The Balaban J connectivity index is 1.39. The number of amides is 2. The molecule has 25 heavy (non-hydrogen) atoms. The molecule has 1 N–H and O–H groups in total. The van der Waals surface area contributed by atoms with Crippen LogP contribution in [-0.4, -0.2) is 65.4 Å². The van der Waals surface area contributed by atoms with E-state index in [1.807, 2.05) is 5.38 Å². The Hall–Kier alpha value is -1.99. The first kappa shape index (κ1) is 15.3. The van der Waals surface area contributed by atoms with Crippen molar-refractivity contribution < 1.29 is 9.59 Å². The van der Waals surface area contributed by atoms with Gasteiger partial charge in [0.05, 0.1) is 10.3 Å². The lowest BCUT2D eigenvalue weighted by atomic mass is 9.84. The van der Waals surface area contributed by atoms with Crippen LogP contribution in [-0.2, 0) is 0 Å². The van der Waals surface area contributed by atoms with Gasteiger partial charge in [0.25, 0.3) is 11.8 Å². The van der Waals surface area contributed by atoms with E-state index in [4.69, 9.17) is 0 Å². The first-order valence-electron chi connectivity index (χ1n) is 8.89. The van der Waals surface area contributed by atoms with E-state index >= 15 is 0 Å². The molecule has 7 heteroatoms. The third-order valence-electron chi connectivity index (χ3n) is 5.63. The second kappa shape index (κ2) is 5.78. The monoisotopic (exact) mass is 356 g/mol. The van der Waals surface area contributed by atoms with Crippen LogP contribution in [0.4, 0.5) is 0 Å². The molecular formula is C18H20N4O2S. The van der Waals surface area contributed by atoms with Crippen LogP contribution < -0.4 is 5.32 Å². The van der Waals surface area contributed by atoms with Gasteiger partial charge in [0.1, 0.15) is 5.69 Å². The fourth-order valence-electron chi connectivity index (χ4n) is 4.02. The van der Waals surface area contributed by atoms with Crippen molar-refractivity contribution in [1.29, 1.82) is 0 Å². The SMILES string of the molecule is O=C(NC1CN2CCC1CC2)c1cc2c(C(=O)N3CC3)csc2cn1. The first-order valence-corrected chi connectivity index (χ1v) is 9.77. The molecule has 0 aliphatic carbocycles. The maximum absolute atomic E-state index is 12.7. The first-order chi connectivity index (χ1) is 12.2. The van der Waals surface area contributed by atoms with Gasteiger partial charge in [-0.05, 0) is 37.9 Å². The average Bonchev–Trinajstić information content (AvgIpc) is 3.41. The molecule has 2 aromatic rings. The summed E-state index contributed by atoms with van der Waals surface area (Å²) in [4.78, 5) is 33.6. The van der Waals surface area contributed by atoms with Gasteiger partial charge in [0.2, 0.25) is 0 Å². The average molecular weight is 356 g/mol. The predicted molar refractivity (Wildman–Crippen MR) is 95.9 cm³/mol. The standard InChI is InChI=1S/C18H20N4O2S/c23-17(20-15-9-21-3-1-11(15)2-4-21)14-7-12-13(18(24)22-5-6-22)10-25-16(12)8-19-14/h7-8,10-11,15H,1-6,9H2,(H,20,23). The van der Waals surface area contributed by atoms with Crippen molar-refractivity contribution in [1.82, 2.24) is 20.1 Å². The summed E-state index contributed by atoms with van der Waals surface area (Å²) in [5.74, 6) is 0.511. The van der Waals surface area contributed by atoms with Crippen molar-refractivity contribution in [3.63, 3.8) is 0 Å². The number of carbonyl (C=O) groups is 2. The van der Waals surface area contributed by atoms with Gasteiger partial charge in [0.15, 0.2) is 0 Å². The summed E-state index contributed by atoms with van der Waals surface area (Å²) in [6, 6.07) is 1.99. The van der Waals surface area contributed by atoms with Crippen LogP contribution in [0.1, 0.15) is 33.7 Å². The molecule has 1 unspecified atom stereocenters. The van der Waals surface area contributed by atoms with E-state index < -0.39 is 0 Å². The summed E-state index contributed by atoms with van der Waals surface area (Å²) in [7, 11) is 0. The van der Waals surface area contributed by atoms with E-state index in [0.717, 1.165) is 55.7 Å². The lowest BCUT2D eigenvalue weighted by molar-refractivity contribution is 0.0617. The number of carbonyl (C=O) groups excluding carboxylic acids is 2. The van der Waals surface area contributed by atoms with Crippen LogP contribution >= 0.6 is 11.3 Å². The van der Waals surface area contributed by atoms with Gasteiger partial charge in [-0.3, -0.25) is 9.59 Å².